The summed E-state index contributed by atoms with van der Waals surface area (Å²) in [5.41, 5.74) is 2.17. The fourth-order valence-corrected chi connectivity index (χ4v) is 3.62. The lowest BCUT2D eigenvalue weighted by Gasteiger charge is -2.19. The fourth-order valence-electron chi connectivity index (χ4n) is 3.62. The van der Waals surface area contributed by atoms with E-state index >= 15 is 0 Å². The summed E-state index contributed by atoms with van der Waals surface area (Å²) in [6.07, 6.45) is 5.64. The van der Waals surface area contributed by atoms with Gasteiger partial charge in [-0.15, -0.1) is 0 Å². The van der Waals surface area contributed by atoms with E-state index in [4.69, 9.17) is 9.47 Å². The van der Waals surface area contributed by atoms with E-state index in [9.17, 15) is 4.79 Å². The average molecular weight is 421 g/mol. The number of amides is 1. The van der Waals surface area contributed by atoms with E-state index in [1.165, 1.54) is 5.56 Å². The van der Waals surface area contributed by atoms with Gasteiger partial charge >= 0.3 is 6.09 Å². The molecule has 31 heavy (non-hydrogen) atoms. The second-order valence-corrected chi connectivity index (χ2v) is 7.56. The zero-order valence-electron chi connectivity index (χ0n) is 17.7. The molecule has 0 radical (unpaired) electrons. The molecule has 1 aliphatic heterocycles. The minimum absolute atomic E-state index is 0.182. The van der Waals surface area contributed by atoms with Gasteiger partial charge in [0.15, 0.2) is 0 Å². The van der Waals surface area contributed by atoms with Gasteiger partial charge in [0.2, 0.25) is 0 Å². The van der Waals surface area contributed by atoms with Crippen LogP contribution in [0.4, 0.5) is 10.5 Å². The molecule has 2 heterocycles. The summed E-state index contributed by atoms with van der Waals surface area (Å²) in [4.78, 5) is 13.3. The molecule has 0 spiro atoms. The highest BCUT2D eigenvalue weighted by molar-refractivity contribution is 5.69. The van der Waals surface area contributed by atoms with Crippen LogP contribution in [0.5, 0.6) is 11.5 Å². The zero-order valence-corrected chi connectivity index (χ0v) is 17.7. The standard InChI is InChI=1S/C24H28N4O3/c1-2-6-23(19-9-11-22(12-10-19)31-21-7-4-3-5-8-21)26-20-17-25-28(18-20)14-13-27-15-16-30-24(27)29/h3-5,7-12,17-18,23,26H,2,6,13-16H2,1H3. The molecule has 1 saturated heterocycles. The van der Waals surface area contributed by atoms with Gasteiger partial charge in [-0.3, -0.25) is 4.68 Å². The topological polar surface area (TPSA) is 68.6 Å². The molecule has 162 valence electrons. The van der Waals surface area contributed by atoms with Crippen molar-refractivity contribution in [1.82, 2.24) is 14.7 Å². The fraction of sp³-hybridized carbons (Fsp3) is 0.333. The van der Waals surface area contributed by atoms with E-state index in [0.717, 1.165) is 30.0 Å². The smallest absolute Gasteiger partial charge is 0.410 e. The molecule has 0 aliphatic carbocycles. The van der Waals surface area contributed by atoms with Gasteiger partial charge in [0, 0.05) is 12.7 Å². The number of carbonyl (C=O) groups is 1. The molecule has 1 aliphatic rings. The van der Waals surface area contributed by atoms with Crippen molar-refractivity contribution in [1.29, 1.82) is 0 Å². The molecule has 0 saturated carbocycles. The lowest BCUT2D eigenvalue weighted by atomic mass is 10.0. The third kappa shape index (κ3) is 5.57. The molecule has 1 atom stereocenters. The maximum atomic E-state index is 11.6. The third-order valence-corrected chi connectivity index (χ3v) is 5.26. The lowest BCUT2D eigenvalue weighted by Crippen LogP contribution is -2.28. The highest BCUT2D eigenvalue weighted by atomic mass is 16.6. The third-order valence-electron chi connectivity index (χ3n) is 5.26. The van der Waals surface area contributed by atoms with Crippen molar-refractivity contribution < 1.29 is 14.3 Å². The summed E-state index contributed by atoms with van der Waals surface area (Å²) < 4.78 is 12.7. The normalized spacial score (nSPS) is 14.4. The zero-order chi connectivity index (χ0) is 21.5. The lowest BCUT2D eigenvalue weighted by molar-refractivity contribution is 0.157. The van der Waals surface area contributed by atoms with E-state index in [1.807, 2.05) is 59.5 Å². The van der Waals surface area contributed by atoms with Crippen molar-refractivity contribution in [3.05, 3.63) is 72.6 Å². The van der Waals surface area contributed by atoms with Crippen molar-refractivity contribution >= 4 is 11.8 Å². The van der Waals surface area contributed by atoms with Crippen LogP contribution in [-0.2, 0) is 11.3 Å². The van der Waals surface area contributed by atoms with Crippen LogP contribution in [-0.4, -0.2) is 40.5 Å². The highest BCUT2D eigenvalue weighted by Gasteiger charge is 2.21. The first-order valence-corrected chi connectivity index (χ1v) is 10.7. The number of rotatable bonds is 10. The summed E-state index contributed by atoms with van der Waals surface area (Å²) in [5.74, 6) is 1.64. The van der Waals surface area contributed by atoms with Crippen LogP contribution < -0.4 is 10.1 Å². The number of nitrogens with one attached hydrogen (secondary N) is 1. The van der Waals surface area contributed by atoms with Crippen molar-refractivity contribution in [2.24, 2.45) is 0 Å². The molecule has 3 aromatic rings. The SMILES string of the molecule is CCCC(Nc1cnn(CCN2CCOC2=O)c1)c1ccc(Oc2ccccc2)cc1. The number of hydrogen-bond acceptors (Lipinski definition) is 5. The van der Waals surface area contributed by atoms with Gasteiger partial charge in [0.05, 0.1) is 31.0 Å². The largest absolute Gasteiger partial charge is 0.457 e. The number of hydrogen-bond donors (Lipinski definition) is 1. The first-order valence-electron chi connectivity index (χ1n) is 10.7. The van der Waals surface area contributed by atoms with E-state index in [1.54, 1.807) is 4.90 Å². The summed E-state index contributed by atoms with van der Waals surface area (Å²) in [5, 5.41) is 8.02. The second kappa shape index (κ2) is 10.0. The number of para-hydroxylation sites is 1. The van der Waals surface area contributed by atoms with E-state index in [2.05, 4.69) is 29.5 Å². The van der Waals surface area contributed by atoms with E-state index in [-0.39, 0.29) is 12.1 Å². The molecular formula is C24H28N4O3. The summed E-state index contributed by atoms with van der Waals surface area (Å²) in [6, 6.07) is 18.2. The summed E-state index contributed by atoms with van der Waals surface area (Å²) >= 11 is 0. The van der Waals surface area contributed by atoms with Crippen molar-refractivity contribution in [2.75, 3.05) is 25.0 Å². The number of cyclic esters (lactones) is 1. The van der Waals surface area contributed by atoms with Gasteiger partial charge in [-0.1, -0.05) is 43.7 Å². The Morgan fingerprint density at radius 1 is 1.10 bits per heavy atom. The van der Waals surface area contributed by atoms with Crippen LogP contribution in [0.1, 0.15) is 31.4 Å². The van der Waals surface area contributed by atoms with Gasteiger partial charge < -0.3 is 19.7 Å². The molecule has 1 N–H and O–H groups in total. The van der Waals surface area contributed by atoms with Crippen molar-refractivity contribution in [3.63, 3.8) is 0 Å². The number of nitrogens with zero attached hydrogens (tertiary/aromatic N) is 3. The highest BCUT2D eigenvalue weighted by Crippen LogP contribution is 2.27. The number of ether oxygens (including phenoxy) is 2. The van der Waals surface area contributed by atoms with Crippen LogP contribution in [0, 0.1) is 0 Å². The molecular weight excluding hydrogens is 392 g/mol. The number of aromatic nitrogens is 2. The van der Waals surface area contributed by atoms with Crippen LogP contribution in [0.15, 0.2) is 67.0 Å². The van der Waals surface area contributed by atoms with E-state index in [0.29, 0.717) is 26.2 Å². The minimum atomic E-state index is -0.242. The molecule has 7 nitrogen and oxygen atoms in total. The molecule has 2 aromatic carbocycles. The second-order valence-electron chi connectivity index (χ2n) is 7.56. The van der Waals surface area contributed by atoms with Crippen LogP contribution in [0.2, 0.25) is 0 Å². The monoisotopic (exact) mass is 420 g/mol. The number of carbonyl (C=O) groups excluding carboxylic acids is 1. The average Bonchev–Trinajstić information content (AvgIpc) is 3.42. The predicted molar refractivity (Wildman–Crippen MR) is 119 cm³/mol. The van der Waals surface area contributed by atoms with Crippen LogP contribution in [0.25, 0.3) is 0 Å². The van der Waals surface area contributed by atoms with Gasteiger partial charge in [0.25, 0.3) is 0 Å². The van der Waals surface area contributed by atoms with Crippen LogP contribution in [0.3, 0.4) is 0 Å². The molecule has 1 amide bonds. The quantitative estimate of drug-likeness (QED) is 0.495. The van der Waals surface area contributed by atoms with Gasteiger partial charge in [-0.05, 0) is 36.2 Å². The Morgan fingerprint density at radius 3 is 2.58 bits per heavy atom. The summed E-state index contributed by atoms with van der Waals surface area (Å²) in [7, 11) is 0. The Hall–Kier alpha value is -3.48. The minimum Gasteiger partial charge on any atom is -0.457 e. The van der Waals surface area contributed by atoms with Gasteiger partial charge in [0.1, 0.15) is 18.1 Å². The first kappa shape index (κ1) is 20.8. The molecule has 1 unspecified atom stereocenters. The van der Waals surface area contributed by atoms with Crippen LogP contribution >= 0.6 is 0 Å². The Bertz CT molecular complexity index is 972. The van der Waals surface area contributed by atoms with Crippen molar-refractivity contribution in [2.45, 2.75) is 32.4 Å². The Labute approximate surface area is 182 Å². The molecule has 7 heteroatoms. The number of benzene rings is 2. The van der Waals surface area contributed by atoms with Crippen molar-refractivity contribution in [3.8, 4) is 11.5 Å². The Morgan fingerprint density at radius 2 is 1.87 bits per heavy atom. The molecule has 4 rings (SSSR count). The first-order chi connectivity index (χ1) is 15.2. The summed E-state index contributed by atoms with van der Waals surface area (Å²) in [6.45, 7) is 4.54. The Balaban J connectivity index is 1.36. The number of anilines is 1. The Kier molecular flexibility index (Phi) is 6.72. The van der Waals surface area contributed by atoms with Gasteiger partial charge in [-0.2, -0.15) is 5.10 Å². The molecule has 1 fully saturated rings. The predicted octanol–water partition coefficient (Wildman–Crippen LogP) is 5.08. The maximum absolute atomic E-state index is 11.6. The molecule has 0 bridgehead atoms. The van der Waals surface area contributed by atoms with Gasteiger partial charge in [-0.25, -0.2) is 4.79 Å². The molecule has 1 aromatic heterocycles. The van der Waals surface area contributed by atoms with E-state index < -0.39 is 0 Å². The maximum Gasteiger partial charge on any atom is 0.410 e.